The van der Waals surface area contributed by atoms with Gasteiger partial charge in [-0.1, -0.05) is 13.8 Å². The number of halogens is 3. The molecular formula is C14H17F3N4O3. The number of carboxylic acid groups (broad SMARTS) is 1. The molecule has 1 aliphatic rings. The summed E-state index contributed by atoms with van der Waals surface area (Å²) in [7, 11) is 0. The number of anilines is 1. The third-order valence-corrected chi connectivity index (χ3v) is 4.13. The average Bonchev–Trinajstić information content (AvgIpc) is 2.91. The van der Waals surface area contributed by atoms with E-state index >= 15 is 0 Å². The normalized spacial score (nSPS) is 21.3. The number of likely N-dealkylation sites (tertiary alicyclic amines) is 1. The van der Waals surface area contributed by atoms with E-state index in [-0.39, 0.29) is 24.9 Å². The number of aromatic nitrogens is 2. The largest absolute Gasteiger partial charge is 0.481 e. The molecule has 2 heterocycles. The van der Waals surface area contributed by atoms with Gasteiger partial charge in [0.25, 0.3) is 5.91 Å². The molecule has 1 amide bonds. The molecule has 0 spiro atoms. The van der Waals surface area contributed by atoms with Gasteiger partial charge >= 0.3 is 12.1 Å². The number of amides is 1. The lowest BCUT2D eigenvalue weighted by Crippen LogP contribution is -2.32. The van der Waals surface area contributed by atoms with Crippen molar-refractivity contribution in [1.29, 1.82) is 0 Å². The van der Waals surface area contributed by atoms with Gasteiger partial charge in [-0.05, 0) is 11.8 Å². The van der Waals surface area contributed by atoms with Gasteiger partial charge in [-0.3, -0.25) is 9.59 Å². The van der Waals surface area contributed by atoms with Crippen LogP contribution in [0.3, 0.4) is 0 Å². The number of hydrogen-bond donors (Lipinski definition) is 2. The maximum absolute atomic E-state index is 13.1. The van der Waals surface area contributed by atoms with Crippen molar-refractivity contribution in [1.82, 2.24) is 14.9 Å². The number of aliphatic carboxylic acids is 1. The number of nitrogens with zero attached hydrogens (tertiary/aromatic N) is 3. The van der Waals surface area contributed by atoms with Gasteiger partial charge in [0.15, 0.2) is 5.69 Å². The summed E-state index contributed by atoms with van der Waals surface area (Å²) in [6, 6.07) is 0. The topological polar surface area (TPSA) is 109 Å². The van der Waals surface area contributed by atoms with Crippen LogP contribution in [-0.2, 0) is 11.0 Å². The summed E-state index contributed by atoms with van der Waals surface area (Å²) in [5, 5.41) is 9.26. The second-order valence-electron chi connectivity index (χ2n) is 6.05. The Kier molecular flexibility index (Phi) is 4.68. The number of nitrogens with two attached hydrogens (primary N) is 1. The molecule has 7 nitrogen and oxygen atoms in total. The summed E-state index contributed by atoms with van der Waals surface area (Å²) < 4.78 is 39.2. The number of carbonyl (C=O) groups excluding carboxylic acids is 1. The molecule has 132 valence electrons. The number of hydrogen-bond acceptors (Lipinski definition) is 5. The van der Waals surface area contributed by atoms with E-state index in [2.05, 4.69) is 9.97 Å². The fourth-order valence-corrected chi connectivity index (χ4v) is 2.87. The summed E-state index contributed by atoms with van der Waals surface area (Å²) in [4.78, 5) is 31.5. The maximum Gasteiger partial charge on any atom is 0.434 e. The second-order valence-corrected chi connectivity index (χ2v) is 6.05. The summed E-state index contributed by atoms with van der Waals surface area (Å²) in [6.07, 6.45) is -4.14. The van der Waals surface area contributed by atoms with E-state index < -0.39 is 41.2 Å². The first-order chi connectivity index (χ1) is 11.0. The number of rotatable bonds is 3. The number of carbonyl (C=O) groups is 2. The van der Waals surface area contributed by atoms with E-state index in [1.807, 2.05) is 13.8 Å². The second kappa shape index (κ2) is 6.25. The van der Waals surface area contributed by atoms with Crippen molar-refractivity contribution in [3.63, 3.8) is 0 Å². The van der Waals surface area contributed by atoms with Crippen molar-refractivity contribution in [3.05, 3.63) is 17.5 Å². The van der Waals surface area contributed by atoms with E-state index in [1.54, 1.807) is 0 Å². The predicted molar refractivity (Wildman–Crippen MR) is 76.8 cm³/mol. The molecule has 2 rings (SSSR count). The molecule has 1 saturated heterocycles. The summed E-state index contributed by atoms with van der Waals surface area (Å²) in [6.45, 7) is 3.53. The van der Waals surface area contributed by atoms with E-state index in [4.69, 9.17) is 5.73 Å². The molecule has 2 atom stereocenters. The Bertz CT molecular complexity index is 663. The Labute approximate surface area is 135 Å². The third kappa shape index (κ3) is 3.41. The molecule has 0 aliphatic carbocycles. The minimum absolute atomic E-state index is 0.0337. The fraction of sp³-hybridized carbons (Fsp3) is 0.571. The monoisotopic (exact) mass is 346 g/mol. The van der Waals surface area contributed by atoms with Gasteiger partial charge in [0.1, 0.15) is 0 Å². The van der Waals surface area contributed by atoms with Crippen molar-refractivity contribution < 1.29 is 27.9 Å². The molecule has 0 bridgehead atoms. The Morgan fingerprint density at radius 3 is 2.46 bits per heavy atom. The summed E-state index contributed by atoms with van der Waals surface area (Å²) >= 11 is 0. The Morgan fingerprint density at radius 1 is 1.38 bits per heavy atom. The maximum atomic E-state index is 13.1. The molecule has 1 fully saturated rings. The molecule has 10 heteroatoms. The molecule has 0 aromatic carbocycles. The smallest absolute Gasteiger partial charge is 0.434 e. The zero-order valence-electron chi connectivity index (χ0n) is 13.0. The predicted octanol–water partition coefficient (Wildman–Crippen LogP) is 1.51. The average molecular weight is 346 g/mol. The van der Waals surface area contributed by atoms with Gasteiger partial charge in [-0.15, -0.1) is 0 Å². The van der Waals surface area contributed by atoms with Crippen molar-refractivity contribution >= 4 is 17.8 Å². The van der Waals surface area contributed by atoms with Crippen LogP contribution in [0.4, 0.5) is 19.1 Å². The van der Waals surface area contributed by atoms with E-state index in [0.717, 1.165) is 11.1 Å². The molecule has 1 aliphatic heterocycles. The fourth-order valence-electron chi connectivity index (χ4n) is 2.87. The van der Waals surface area contributed by atoms with Crippen molar-refractivity contribution in [2.75, 3.05) is 18.8 Å². The zero-order valence-corrected chi connectivity index (χ0v) is 13.0. The van der Waals surface area contributed by atoms with Gasteiger partial charge in [-0.2, -0.15) is 13.2 Å². The first-order valence-electron chi connectivity index (χ1n) is 7.24. The van der Waals surface area contributed by atoms with Crippen LogP contribution in [0.25, 0.3) is 0 Å². The van der Waals surface area contributed by atoms with Crippen LogP contribution in [-0.4, -0.2) is 44.9 Å². The molecule has 0 unspecified atom stereocenters. The highest BCUT2D eigenvalue weighted by Crippen LogP contribution is 2.34. The molecule has 0 saturated carbocycles. The zero-order chi connectivity index (χ0) is 18.2. The molecule has 1 aromatic heterocycles. The van der Waals surface area contributed by atoms with Crippen LogP contribution >= 0.6 is 0 Å². The lowest BCUT2D eigenvalue weighted by atomic mass is 9.86. The van der Waals surface area contributed by atoms with E-state index in [0.29, 0.717) is 0 Å². The SMILES string of the molecule is CC(C)[C@@H]1CN(C(=O)c2cnc(N)nc2C(F)(F)F)C[C@H]1C(=O)O. The first-order valence-corrected chi connectivity index (χ1v) is 7.24. The Balaban J connectivity index is 2.35. The van der Waals surface area contributed by atoms with E-state index in [9.17, 15) is 27.9 Å². The van der Waals surface area contributed by atoms with Gasteiger partial charge in [0, 0.05) is 19.3 Å². The third-order valence-electron chi connectivity index (χ3n) is 4.13. The van der Waals surface area contributed by atoms with Crippen LogP contribution in [0, 0.1) is 17.8 Å². The molecule has 24 heavy (non-hydrogen) atoms. The number of carboxylic acids is 1. The van der Waals surface area contributed by atoms with Gasteiger partial charge in [-0.25, -0.2) is 9.97 Å². The van der Waals surface area contributed by atoms with Crippen LogP contribution < -0.4 is 5.73 Å². The summed E-state index contributed by atoms with van der Waals surface area (Å²) in [5.74, 6) is -3.81. The highest BCUT2D eigenvalue weighted by Gasteiger charge is 2.44. The highest BCUT2D eigenvalue weighted by atomic mass is 19.4. The number of nitrogen functional groups attached to an aromatic ring is 1. The quantitative estimate of drug-likeness (QED) is 0.858. The molecular weight excluding hydrogens is 329 g/mol. The van der Waals surface area contributed by atoms with Crippen LogP contribution in [0.1, 0.15) is 29.9 Å². The molecule has 0 radical (unpaired) electrons. The van der Waals surface area contributed by atoms with Crippen LogP contribution in [0.15, 0.2) is 6.20 Å². The van der Waals surface area contributed by atoms with Crippen molar-refractivity contribution in [3.8, 4) is 0 Å². The Hall–Kier alpha value is -2.39. The first kappa shape index (κ1) is 18.0. The van der Waals surface area contributed by atoms with Crippen LogP contribution in [0.5, 0.6) is 0 Å². The highest BCUT2D eigenvalue weighted by molar-refractivity contribution is 5.96. The van der Waals surface area contributed by atoms with Crippen LogP contribution in [0.2, 0.25) is 0 Å². The minimum atomic E-state index is -4.87. The van der Waals surface area contributed by atoms with E-state index in [1.165, 1.54) is 0 Å². The molecule has 1 aromatic rings. The van der Waals surface area contributed by atoms with Crippen molar-refractivity contribution in [2.24, 2.45) is 17.8 Å². The minimum Gasteiger partial charge on any atom is -0.481 e. The lowest BCUT2D eigenvalue weighted by molar-refractivity contribution is -0.143. The van der Waals surface area contributed by atoms with Crippen molar-refractivity contribution in [2.45, 2.75) is 20.0 Å². The summed E-state index contributed by atoms with van der Waals surface area (Å²) in [5.41, 5.74) is 3.03. The standard InChI is InChI=1S/C14H17F3N4O3/c1-6(2)8-4-21(5-9(8)12(23)24)11(22)7-3-19-13(18)20-10(7)14(15,16)17/h3,6,8-9H,4-5H2,1-2H3,(H,23,24)(H2,18,19,20)/t8-,9+/m0/s1. The number of alkyl halides is 3. The molecule has 3 N–H and O–H groups in total. The van der Waals surface area contributed by atoms with Gasteiger partial charge in [0.05, 0.1) is 11.5 Å². The Morgan fingerprint density at radius 2 is 2.00 bits per heavy atom. The van der Waals surface area contributed by atoms with Gasteiger partial charge in [0.2, 0.25) is 5.95 Å². The van der Waals surface area contributed by atoms with Gasteiger partial charge < -0.3 is 15.7 Å². The lowest BCUT2D eigenvalue weighted by Gasteiger charge is -2.20.